The molecule has 0 aromatic carbocycles. The second-order valence-electron chi connectivity index (χ2n) is 14.8. The first kappa shape index (κ1) is 49.4. The number of nitrogens with zero attached hydrogens (tertiary/aromatic N) is 1. The molecule has 0 saturated heterocycles. The predicted octanol–water partition coefficient (Wildman–Crippen LogP) is 14.0. The zero-order valence-corrected chi connectivity index (χ0v) is 33.4. The zero-order valence-electron chi connectivity index (χ0n) is 32.6. The van der Waals surface area contributed by atoms with Crippen LogP contribution in [0, 0.1) is 0 Å². The molecule has 0 atom stereocenters. The van der Waals surface area contributed by atoms with E-state index in [0.717, 1.165) is 13.1 Å². The van der Waals surface area contributed by atoms with Crippen molar-refractivity contribution in [1.82, 2.24) is 0 Å². The molecular formula is C42H86NO4S+. The zero-order chi connectivity index (χ0) is 35.9. The molecule has 0 aliphatic heterocycles. The summed E-state index contributed by atoms with van der Waals surface area (Å²) < 4.78 is 32.8. The molecule has 0 aliphatic carbocycles. The molecule has 0 rings (SSSR count). The summed E-state index contributed by atoms with van der Waals surface area (Å²) in [6.45, 7) is 17.7. The number of hydrogen-bond acceptors (Lipinski definition) is 2. The Bertz CT molecular complexity index is 699. The van der Waals surface area contributed by atoms with E-state index in [1.54, 1.807) is 0 Å². The van der Waals surface area contributed by atoms with Gasteiger partial charge in [0.1, 0.15) is 0 Å². The monoisotopic (exact) mass is 701 g/mol. The van der Waals surface area contributed by atoms with Crippen LogP contribution in [0.4, 0.5) is 0 Å². The van der Waals surface area contributed by atoms with Crippen LogP contribution in [-0.4, -0.2) is 48.2 Å². The van der Waals surface area contributed by atoms with E-state index in [-0.39, 0.29) is 0 Å². The fourth-order valence-electron chi connectivity index (χ4n) is 7.09. The molecule has 0 spiro atoms. The number of hydrogen-bond donors (Lipinski definition) is 2. The third-order valence-electron chi connectivity index (χ3n) is 10.0. The first-order valence-electron chi connectivity index (χ1n) is 21.0. The Morgan fingerprint density at radius 3 is 0.729 bits per heavy atom. The van der Waals surface area contributed by atoms with Crippen LogP contribution in [-0.2, 0) is 10.4 Å². The van der Waals surface area contributed by atoms with Gasteiger partial charge in [-0.2, -0.15) is 8.42 Å². The van der Waals surface area contributed by atoms with Gasteiger partial charge in [-0.05, 0) is 37.8 Å². The van der Waals surface area contributed by atoms with Crippen molar-refractivity contribution in [2.45, 2.75) is 219 Å². The number of unbranched alkanes of at least 4 members (excludes halogenated alkanes) is 30. The van der Waals surface area contributed by atoms with Crippen LogP contribution in [0.1, 0.15) is 219 Å². The highest BCUT2D eigenvalue weighted by atomic mass is 32.3. The highest BCUT2D eigenvalue weighted by Gasteiger charge is 2.23. The average Bonchev–Trinajstić information content (AvgIpc) is 3.04. The van der Waals surface area contributed by atoms with E-state index in [1.165, 1.54) is 223 Å². The van der Waals surface area contributed by atoms with Crippen LogP contribution in [0.15, 0.2) is 25.3 Å². The van der Waals surface area contributed by atoms with Gasteiger partial charge in [-0.3, -0.25) is 9.11 Å². The summed E-state index contributed by atoms with van der Waals surface area (Å²) in [6.07, 6.45) is 50.6. The van der Waals surface area contributed by atoms with E-state index in [4.69, 9.17) is 17.5 Å². The molecule has 0 unspecified atom stereocenters. The van der Waals surface area contributed by atoms with Crippen molar-refractivity contribution >= 4 is 10.4 Å². The van der Waals surface area contributed by atoms with Crippen LogP contribution in [0.25, 0.3) is 0 Å². The lowest BCUT2D eigenvalue weighted by Crippen LogP contribution is -2.49. The van der Waals surface area contributed by atoms with Crippen LogP contribution in [0.5, 0.6) is 0 Å². The third kappa shape index (κ3) is 43.3. The summed E-state index contributed by atoms with van der Waals surface area (Å²) in [5.74, 6) is 0. The van der Waals surface area contributed by atoms with Gasteiger partial charge in [0.05, 0.1) is 26.2 Å². The Morgan fingerprint density at radius 2 is 0.562 bits per heavy atom. The Hall–Kier alpha value is -0.690. The molecular weight excluding hydrogens is 615 g/mol. The standard InChI is InChI=1S/C42H84N.H2O4S/c1-5-9-11-13-15-17-19-21-23-25-27-29-31-33-35-37-41-43(39-7-3,40-8-4)42-38-36-34-32-30-28-26-24-22-20-18-16-14-12-10-6-2;1-5(2,3)4/h7-8H,3-6,9-42H2,1-2H3;(H2,1,2,3,4)/q+1;. The molecule has 288 valence electrons. The third-order valence-corrected chi connectivity index (χ3v) is 10.0. The van der Waals surface area contributed by atoms with E-state index < -0.39 is 10.4 Å². The van der Waals surface area contributed by atoms with Crippen molar-refractivity contribution in [3.8, 4) is 0 Å². The molecule has 0 radical (unpaired) electrons. The van der Waals surface area contributed by atoms with Gasteiger partial charge >= 0.3 is 10.4 Å². The minimum Gasteiger partial charge on any atom is -0.317 e. The molecule has 0 aromatic rings. The van der Waals surface area contributed by atoms with Gasteiger partial charge in [-0.1, -0.05) is 207 Å². The summed E-state index contributed by atoms with van der Waals surface area (Å²) in [7, 11) is -4.67. The molecule has 5 nitrogen and oxygen atoms in total. The summed E-state index contributed by atoms with van der Waals surface area (Å²) in [5.41, 5.74) is 0. The lowest BCUT2D eigenvalue weighted by atomic mass is 10.0. The van der Waals surface area contributed by atoms with Crippen LogP contribution in [0.3, 0.4) is 0 Å². The SMILES string of the molecule is C=CC[N+](CC=C)(CCCCCCCCCCCCCCCCCC)CCCCCCCCCCCCCCCCCC.O=S(=O)(O)O. The highest BCUT2D eigenvalue weighted by Crippen LogP contribution is 2.18. The Kier molecular flexibility index (Phi) is 40.3. The van der Waals surface area contributed by atoms with Gasteiger partial charge < -0.3 is 4.48 Å². The summed E-state index contributed by atoms with van der Waals surface area (Å²) in [4.78, 5) is 0. The van der Waals surface area contributed by atoms with Crippen LogP contribution >= 0.6 is 0 Å². The molecule has 0 aromatic heterocycles. The van der Waals surface area contributed by atoms with E-state index in [9.17, 15) is 0 Å². The van der Waals surface area contributed by atoms with Gasteiger partial charge in [0.2, 0.25) is 0 Å². The van der Waals surface area contributed by atoms with Crippen molar-refractivity contribution in [1.29, 1.82) is 0 Å². The van der Waals surface area contributed by atoms with E-state index in [2.05, 4.69) is 39.2 Å². The van der Waals surface area contributed by atoms with Crippen molar-refractivity contribution in [2.24, 2.45) is 0 Å². The normalized spacial score (nSPS) is 11.8. The fraction of sp³-hybridized carbons (Fsp3) is 0.905. The maximum absolute atomic E-state index is 8.74. The van der Waals surface area contributed by atoms with Crippen LogP contribution in [0.2, 0.25) is 0 Å². The van der Waals surface area contributed by atoms with E-state index >= 15 is 0 Å². The minimum absolute atomic E-state index is 1.11. The largest absolute Gasteiger partial charge is 0.394 e. The molecule has 6 heteroatoms. The van der Waals surface area contributed by atoms with Crippen molar-refractivity contribution in [3.05, 3.63) is 25.3 Å². The van der Waals surface area contributed by atoms with Crippen molar-refractivity contribution in [2.75, 3.05) is 26.2 Å². The second kappa shape index (κ2) is 39.1. The fourth-order valence-corrected chi connectivity index (χ4v) is 7.09. The molecule has 48 heavy (non-hydrogen) atoms. The lowest BCUT2D eigenvalue weighted by Gasteiger charge is -2.37. The Morgan fingerprint density at radius 1 is 0.396 bits per heavy atom. The number of rotatable bonds is 38. The van der Waals surface area contributed by atoms with E-state index in [1.807, 2.05) is 0 Å². The predicted molar refractivity (Wildman–Crippen MR) is 213 cm³/mol. The molecule has 0 bridgehead atoms. The Labute approximate surface area is 302 Å². The number of quaternary nitrogens is 1. The molecule has 0 fully saturated rings. The maximum Gasteiger partial charge on any atom is 0.394 e. The summed E-state index contributed by atoms with van der Waals surface area (Å²) in [6, 6.07) is 0. The molecule has 2 N–H and O–H groups in total. The quantitative estimate of drug-likeness (QED) is 0.0291. The topological polar surface area (TPSA) is 74.6 Å². The lowest BCUT2D eigenvalue weighted by molar-refractivity contribution is -0.917. The highest BCUT2D eigenvalue weighted by molar-refractivity contribution is 7.79. The molecule has 0 amide bonds. The second-order valence-corrected chi connectivity index (χ2v) is 15.7. The smallest absolute Gasteiger partial charge is 0.317 e. The molecule has 0 aliphatic rings. The Balaban J connectivity index is 0. The van der Waals surface area contributed by atoms with Gasteiger partial charge in [0.25, 0.3) is 0 Å². The van der Waals surface area contributed by atoms with Gasteiger partial charge in [-0.25, -0.2) is 0 Å². The first-order chi connectivity index (χ1) is 23.2. The summed E-state index contributed by atoms with van der Waals surface area (Å²) >= 11 is 0. The molecule has 0 heterocycles. The van der Waals surface area contributed by atoms with Gasteiger partial charge in [0, 0.05) is 0 Å². The maximum atomic E-state index is 8.74. The van der Waals surface area contributed by atoms with E-state index in [0.29, 0.717) is 0 Å². The van der Waals surface area contributed by atoms with Crippen molar-refractivity contribution in [3.63, 3.8) is 0 Å². The average molecular weight is 701 g/mol. The van der Waals surface area contributed by atoms with Gasteiger partial charge in [0.15, 0.2) is 0 Å². The van der Waals surface area contributed by atoms with Crippen LogP contribution < -0.4 is 0 Å². The van der Waals surface area contributed by atoms with Gasteiger partial charge in [-0.15, -0.1) is 0 Å². The molecule has 0 saturated carbocycles. The minimum atomic E-state index is -4.67. The summed E-state index contributed by atoms with van der Waals surface area (Å²) in [5, 5.41) is 0. The first-order valence-corrected chi connectivity index (χ1v) is 22.4. The van der Waals surface area contributed by atoms with Crippen molar-refractivity contribution < 1.29 is 22.0 Å².